The minimum Gasteiger partial charge on any atom is -0.309 e. The maximum Gasteiger partial charge on any atom is 0.231 e. The third-order valence-corrected chi connectivity index (χ3v) is 2.41. The van der Waals surface area contributed by atoms with Crippen molar-refractivity contribution in [3.05, 3.63) is 11.8 Å². The van der Waals surface area contributed by atoms with Crippen molar-refractivity contribution in [1.82, 2.24) is 9.89 Å². The van der Waals surface area contributed by atoms with Gasteiger partial charge in [0.2, 0.25) is 5.91 Å². The second-order valence-corrected chi connectivity index (χ2v) is 5.11. The highest BCUT2D eigenvalue weighted by Gasteiger charge is 2.22. The number of nitrogens with zero attached hydrogens (tertiary/aromatic N) is 3. The lowest BCUT2D eigenvalue weighted by Crippen LogP contribution is -2.13. The molecule has 1 aliphatic rings. The van der Waals surface area contributed by atoms with E-state index in [0.29, 0.717) is 12.2 Å². The Balaban J connectivity index is 2.48. The van der Waals surface area contributed by atoms with E-state index in [9.17, 15) is 4.79 Å². The van der Waals surface area contributed by atoms with Crippen LogP contribution in [0.1, 0.15) is 39.8 Å². The number of hydrogen-bond donors (Lipinski definition) is 1. The lowest BCUT2D eigenvalue weighted by Gasteiger charge is -2.13. The molecule has 0 aromatic carbocycles. The summed E-state index contributed by atoms with van der Waals surface area (Å²) in [5.41, 5.74) is 1.63. The molecule has 1 aliphatic heterocycles. The van der Waals surface area contributed by atoms with Crippen molar-refractivity contribution < 1.29 is 4.79 Å². The highest BCUT2D eigenvalue weighted by Crippen LogP contribution is 2.24. The van der Waals surface area contributed by atoms with E-state index in [4.69, 9.17) is 0 Å². The van der Waals surface area contributed by atoms with E-state index in [1.807, 2.05) is 13.0 Å². The summed E-state index contributed by atoms with van der Waals surface area (Å²) in [6.45, 7) is 8.06. The lowest BCUT2D eigenvalue weighted by molar-refractivity contribution is -0.115. The number of carbonyl (C=O) groups excluding carboxylic acids is 1. The fraction of sp³-hybridized carbons (Fsp3) is 0.545. The van der Waals surface area contributed by atoms with Gasteiger partial charge in [-0.3, -0.25) is 4.79 Å². The Labute approximate surface area is 94.5 Å². The van der Waals surface area contributed by atoms with Crippen LogP contribution in [0.15, 0.2) is 11.2 Å². The van der Waals surface area contributed by atoms with Crippen molar-refractivity contribution in [2.45, 2.75) is 39.5 Å². The number of anilines is 1. The van der Waals surface area contributed by atoms with E-state index in [1.54, 1.807) is 0 Å². The molecule has 0 saturated carbocycles. The van der Waals surface area contributed by atoms with Crippen LogP contribution in [0.5, 0.6) is 0 Å². The second-order valence-electron chi connectivity index (χ2n) is 5.11. The SMILES string of the molecule is CC1=Nn2nc(C(C)(C)C)cc2NC(=O)C1. The summed E-state index contributed by atoms with van der Waals surface area (Å²) in [7, 11) is 0. The van der Waals surface area contributed by atoms with Gasteiger partial charge in [0.15, 0.2) is 5.82 Å². The van der Waals surface area contributed by atoms with Crippen LogP contribution in [0.25, 0.3) is 0 Å². The van der Waals surface area contributed by atoms with Crippen molar-refractivity contribution in [3.8, 4) is 0 Å². The largest absolute Gasteiger partial charge is 0.309 e. The standard InChI is InChI=1S/C11H16N4O/c1-7-5-10(16)12-9-6-8(11(2,3)4)14-15(9)13-7/h6H,5H2,1-4H3,(H,12,16). The molecule has 0 spiro atoms. The van der Waals surface area contributed by atoms with Crippen LogP contribution in [0, 0.1) is 0 Å². The number of aromatic nitrogens is 2. The average Bonchev–Trinajstić information content (AvgIpc) is 2.41. The van der Waals surface area contributed by atoms with E-state index in [0.717, 1.165) is 11.4 Å². The molecule has 1 N–H and O–H groups in total. The molecule has 16 heavy (non-hydrogen) atoms. The number of rotatable bonds is 0. The smallest absolute Gasteiger partial charge is 0.231 e. The first-order valence-corrected chi connectivity index (χ1v) is 5.31. The molecule has 0 bridgehead atoms. The van der Waals surface area contributed by atoms with Crippen LogP contribution >= 0.6 is 0 Å². The minimum atomic E-state index is -0.0483. The van der Waals surface area contributed by atoms with Gasteiger partial charge in [0.05, 0.1) is 12.1 Å². The Morgan fingerprint density at radius 1 is 1.44 bits per heavy atom. The Bertz CT molecular complexity index is 465. The lowest BCUT2D eigenvalue weighted by atomic mass is 9.92. The van der Waals surface area contributed by atoms with E-state index in [2.05, 4.69) is 36.3 Å². The van der Waals surface area contributed by atoms with Gasteiger partial charge in [-0.1, -0.05) is 20.8 Å². The summed E-state index contributed by atoms with van der Waals surface area (Å²) in [5, 5.41) is 11.4. The molecule has 0 radical (unpaired) electrons. The average molecular weight is 220 g/mol. The molecule has 0 atom stereocenters. The van der Waals surface area contributed by atoms with E-state index in [-0.39, 0.29) is 11.3 Å². The molecular formula is C11H16N4O. The fourth-order valence-electron chi connectivity index (χ4n) is 1.52. The Morgan fingerprint density at radius 3 is 2.75 bits per heavy atom. The minimum absolute atomic E-state index is 0.0413. The summed E-state index contributed by atoms with van der Waals surface area (Å²) in [6.07, 6.45) is 0.328. The van der Waals surface area contributed by atoms with Crippen LogP contribution in [-0.2, 0) is 10.2 Å². The van der Waals surface area contributed by atoms with Gasteiger partial charge >= 0.3 is 0 Å². The zero-order valence-corrected chi connectivity index (χ0v) is 10.0. The zero-order valence-electron chi connectivity index (χ0n) is 10.0. The molecule has 1 aromatic heterocycles. The highest BCUT2D eigenvalue weighted by atomic mass is 16.1. The molecule has 0 unspecified atom stereocenters. The Kier molecular flexibility index (Phi) is 2.33. The normalized spacial score (nSPS) is 16.2. The third-order valence-electron chi connectivity index (χ3n) is 2.41. The number of nitrogens with one attached hydrogen (secondary N) is 1. The van der Waals surface area contributed by atoms with Crippen LogP contribution in [0.3, 0.4) is 0 Å². The van der Waals surface area contributed by atoms with Gasteiger partial charge in [-0.25, -0.2) is 0 Å². The van der Waals surface area contributed by atoms with E-state index < -0.39 is 0 Å². The number of hydrogen-bond acceptors (Lipinski definition) is 3. The monoisotopic (exact) mass is 220 g/mol. The molecule has 1 amide bonds. The first-order valence-electron chi connectivity index (χ1n) is 5.31. The zero-order chi connectivity index (χ0) is 11.9. The Morgan fingerprint density at radius 2 is 2.12 bits per heavy atom. The molecule has 2 heterocycles. The Hall–Kier alpha value is -1.65. The molecule has 0 fully saturated rings. The van der Waals surface area contributed by atoms with Gasteiger partial charge in [-0.2, -0.15) is 10.2 Å². The van der Waals surface area contributed by atoms with Crippen molar-refractivity contribution in [3.63, 3.8) is 0 Å². The van der Waals surface area contributed by atoms with Crippen LogP contribution < -0.4 is 5.32 Å². The highest BCUT2D eigenvalue weighted by molar-refractivity contribution is 6.06. The summed E-state index contributed by atoms with van der Waals surface area (Å²) < 4.78 is 0. The molecule has 5 heteroatoms. The predicted molar refractivity (Wildman–Crippen MR) is 62.7 cm³/mol. The van der Waals surface area contributed by atoms with Crippen molar-refractivity contribution >= 4 is 17.4 Å². The third kappa shape index (κ3) is 1.98. The van der Waals surface area contributed by atoms with Gasteiger partial charge in [0.1, 0.15) is 0 Å². The van der Waals surface area contributed by atoms with Gasteiger partial charge in [0, 0.05) is 17.2 Å². The molecule has 0 saturated heterocycles. The molecule has 2 rings (SSSR count). The van der Waals surface area contributed by atoms with Gasteiger partial charge < -0.3 is 5.32 Å². The molecular weight excluding hydrogens is 204 g/mol. The maximum absolute atomic E-state index is 11.5. The summed E-state index contributed by atoms with van der Waals surface area (Å²) in [6, 6.07) is 1.88. The second kappa shape index (κ2) is 3.43. The van der Waals surface area contributed by atoms with Gasteiger partial charge in [-0.15, -0.1) is 4.79 Å². The van der Waals surface area contributed by atoms with Crippen LogP contribution in [0.4, 0.5) is 5.82 Å². The summed E-state index contributed by atoms with van der Waals surface area (Å²) >= 11 is 0. The fourth-order valence-corrected chi connectivity index (χ4v) is 1.52. The number of amides is 1. The summed E-state index contributed by atoms with van der Waals surface area (Å²) in [4.78, 5) is 13.0. The summed E-state index contributed by atoms with van der Waals surface area (Å²) in [5.74, 6) is 0.604. The van der Waals surface area contributed by atoms with Crippen molar-refractivity contribution in [2.24, 2.45) is 5.10 Å². The van der Waals surface area contributed by atoms with Crippen LogP contribution in [0.2, 0.25) is 0 Å². The van der Waals surface area contributed by atoms with Crippen molar-refractivity contribution in [1.29, 1.82) is 0 Å². The van der Waals surface area contributed by atoms with Crippen LogP contribution in [-0.4, -0.2) is 21.5 Å². The topological polar surface area (TPSA) is 59.3 Å². The predicted octanol–water partition coefficient (Wildman–Crippen LogP) is 1.75. The van der Waals surface area contributed by atoms with E-state index in [1.165, 1.54) is 4.79 Å². The first-order chi connectivity index (χ1) is 7.36. The van der Waals surface area contributed by atoms with Crippen molar-refractivity contribution in [2.75, 3.05) is 5.32 Å². The van der Waals surface area contributed by atoms with Gasteiger partial charge in [0.25, 0.3) is 0 Å². The molecule has 0 aliphatic carbocycles. The molecule has 5 nitrogen and oxygen atoms in total. The first kappa shape index (κ1) is 10.9. The quantitative estimate of drug-likeness (QED) is 0.724. The number of fused-ring (bicyclic) bond motifs is 1. The van der Waals surface area contributed by atoms with E-state index >= 15 is 0 Å². The van der Waals surface area contributed by atoms with Gasteiger partial charge in [-0.05, 0) is 6.92 Å². The maximum atomic E-state index is 11.5. The number of carbonyl (C=O) groups is 1. The molecule has 1 aromatic rings. The molecule has 86 valence electrons.